The number of aromatic nitrogens is 2. The van der Waals surface area contributed by atoms with Crippen LogP contribution in [0.25, 0.3) is 0 Å². The Bertz CT molecular complexity index is 696. The number of carbonyl (C=O) groups is 1. The summed E-state index contributed by atoms with van der Waals surface area (Å²) in [5, 5.41) is 6.63. The van der Waals surface area contributed by atoms with Gasteiger partial charge in [-0.05, 0) is 5.56 Å². The molecule has 1 aliphatic heterocycles. The molecule has 0 unspecified atom stereocenters. The first-order valence-corrected chi connectivity index (χ1v) is 6.63. The van der Waals surface area contributed by atoms with Crippen molar-refractivity contribution in [3.8, 4) is 0 Å². The molecule has 0 saturated heterocycles. The Kier molecular flexibility index (Phi) is 3.31. The first-order valence-electron chi connectivity index (χ1n) is 6.63. The number of primary amides is 1. The lowest BCUT2D eigenvalue weighted by Crippen LogP contribution is -2.36. The number of alkyl halides is 3. The van der Waals surface area contributed by atoms with Crippen LogP contribution in [0.2, 0.25) is 0 Å². The molecule has 2 aromatic rings. The number of nitrogens with two attached hydrogens (primary N) is 1. The second-order valence-electron chi connectivity index (χ2n) is 5.12. The van der Waals surface area contributed by atoms with E-state index in [2.05, 4.69) is 10.4 Å². The molecule has 1 amide bonds. The largest absolute Gasteiger partial charge is 0.410 e. The summed E-state index contributed by atoms with van der Waals surface area (Å²) >= 11 is 0. The standard InChI is InChI=1S/C14H13F3N4O/c15-14(16,17)11-6-10(8-4-2-1-3-5-8)20-13-9(12(18)22)7-19-21(11)13/h1-5,7,10-11,20H,6H2,(H2,18,22)/t10-,11-/m1/s1. The molecule has 0 bridgehead atoms. The highest BCUT2D eigenvalue weighted by atomic mass is 19.4. The average Bonchev–Trinajstić information content (AvgIpc) is 2.90. The van der Waals surface area contributed by atoms with E-state index in [0.717, 1.165) is 10.9 Å². The molecule has 0 radical (unpaired) electrons. The van der Waals surface area contributed by atoms with Crippen LogP contribution >= 0.6 is 0 Å². The summed E-state index contributed by atoms with van der Waals surface area (Å²) in [5.41, 5.74) is 5.87. The summed E-state index contributed by atoms with van der Waals surface area (Å²) in [7, 11) is 0. The van der Waals surface area contributed by atoms with E-state index in [-0.39, 0.29) is 17.8 Å². The Morgan fingerprint density at radius 1 is 1.32 bits per heavy atom. The molecule has 3 N–H and O–H groups in total. The smallest absolute Gasteiger partial charge is 0.365 e. The molecule has 2 atom stereocenters. The Morgan fingerprint density at radius 2 is 2.00 bits per heavy atom. The van der Waals surface area contributed by atoms with Crippen LogP contribution < -0.4 is 11.1 Å². The molecule has 2 heterocycles. The van der Waals surface area contributed by atoms with E-state index in [1.807, 2.05) is 0 Å². The van der Waals surface area contributed by atoms with Crippen molar-refractivity contribution in [2.75, 3.05) is 5.32 Å². The van der Waals surface area contributed by atoms with Gasteiger partial charge in [-0.25, -0.2) is 4.68 Å². The molecule has 0 saturated carbocycles. The highest BCUT2D eigenvalue weighted by Gasteiger charge is 2.47. The van der Waals surface area contributed by atoms with Crippen molar-refractivity contribution in [1.29, 1.82) is 0 Å². The van der Waals surface area contributed by atoms with E-state index in [1.54, 1.807) is 30.3 Å². The van der Waals surface area contributed by atoms with Crippen molar-refractivity contribution in [3.05, 3.63) is 47.7 Å². The van der Waals surface area contributed by atoms with Gasteiger partial charge in [0.2, 0.25) is 0 Å². The quantitative estimate of drug-likeness (QED) is 0.895. The van der Waals surface area contributed by atoms with Crippen molar-refractivity contribution in [2.45, 2.75) is 24.7 Å². The SMILES string of the molecule is NC(=O)c1cnn2c1N[C@@H](c1ccccc1)C[C@@H]2C(F)(F)F. The maximum absolute atomic E-state index is 13.3. The fraction of sp³-hybridized carbons (Fsp3) is 0.286. The highest BCUT2D eigenvalue weighted by molar-refractivity contribution is 5.97. The third-order valence-electron chi connectivity index (χ3n) is 3.71. The fourth-order valence-corrected chi connectivity index (χ4v) is 2.65. The van der Waals surface area contributed by atoms with Gasteiger partial charge < -0.3 is 11.1 Å². The molecule has 0 fully saturated rings. The van der Waals surface area contributed by atoms with Crippen LogP contribution in [0.5, 0.6) is 0 Å². The van der Waals surface area contributed by atoms with E-state index in [0.29, 0.717) is 5.56 Å². The summed E-state index contributed by atoms with van der Waals surface area (Å²) in [6.07, 6.45) is -3.61. The van der Waals surface area contributed by atoms with Crippen molar-refractivity contribution in [3.63, 3.8) is 0 Å². The van der Waals surface area contributed by atoms with Gasteiger partial charge in [-0.1, -0.05) is 30.3 Å². The van der Waals surface area contributed by atoms with Gasteiger partial charge in [0.15, 0.2) is 6.04 Å². The summed E-state index contributed by atoms with van der Waals surface area (Å²) in [6.45, 7) is 0. The van der Waals surface area contributed by atoms with Crippen molar-refractivity contribution in [1.82, 2.24) is 9.78 Å². The van der Waals surface area contributed by atoms with Crippen LogP contribution in [0.4, 0.5) is 19.0 Å². The molecule has 116 valence electrons. The Labute approximate surface area is 123 Å². The number of benzene rings is 1. The zero-order valence-electron chi connectivity index (χ0n) is 11.3. The van der Waals surface area contributed by atoms with Crippen molar-refractivity contribution >= 4 is 11.7 Å². The number of hydrogen-bond donors (Lipinski definition) is 2. The number of anilines is 1. The minimum Gasteiger partial charge on any atom is -0.365 e. The predicted molar refractivity (Wildman–Crippen MR) is 73.3 cm³/mol. The first kappa shape index (κ1) is 14.4. The molecule has 0 aliphatic carbocycles. The molecule has 22 heavy (non-hydrogen) atoms. The zero-order chi connectivity index (χ0) is 15.9. The third-order valence-corrected chi connectivity index (χ3v) is 3.71. The molecule has 1 aromatic carbocycles. The number of fused-ring (bicyclic) bond motifs is 1. The van der Waals surface area contributed by atoms with Gasteiger partial charge >= 0.3 is 6.18 Å². The van der Waals surface area contributed by atoms with Gasteiger partial charge in [-0.15, -0.1) is 0 Å². The maximum atomic E-state index is 13.3. The molecule has 1 aromatic heterocycles. The fourth-order valence-electron chi connectivity index (χ4n) is 2.65. The van der Waals surface area contributed by atoms with Gasteiger partial charge in [0, 0.05) is 6.42 Å². The van der Waals surface area contributed by atoms with Crippen molar-refractivity contribution < 1.29 is 18.0 Å². The van der Waals surface area contributed by atoms with Crippen LogP contribution in [0, 0.1) is 0 Å². The zero-order valence-corrected chi connectivity index (χ0v) is 11.3. The van der Waals surface area contributed by atoms with Crippen molar-refractivity contribution in [2.24, 2.45) is 5.73 Å². The Balaban J connectivity index is 2.07. The number of nitrogens with one attached hydrogen (secondary N) is 1. The molecule has 1 aliphatic rings. The molecular formula is C14H13F3N4O. The van der Waals surface area contributed by atoms with Crippen LogP contribution in [-0.4, -0.2) is 21.9 Å². The van der Waals surface area contributed by atoms with Crippen LogP contribution in [-0.2, 0) is 0 Å². The summed E-state index contributed by atoms with van der Waals surface area (Å²) in [6, 6.07) is 6.38. The van der Waals surface area contributed by atoms with Gasteiger partial charge in [0.1, 0.15) is 11.4 Å². The highest BCUT2D eigenvalue weighted by Crippen LogP contribution is 2.44. The van der Waals surface area contributed by atoms with Gasteiger partial charge in [0.05, 0.1) is 12.2 Å². The number of amides is 1. The number of rotatable bonds is 2. The normalized spacial score (nSPS) is 21.0. The Morgan fingerprint density at radius 3 is 2.59 bits per heavy atom. The topological polar surface area (TPSA) is 72.9 Å². The van der Waals surface area contributed by atoms with Gasteiger partial charge in [-0.3, -0.25) is 4.79 Å². The maximum Gasteiger partial charge on any atom is 0.410 e. The second-order valence-corrected chi connectivity index (χ2v) is 5.12. The average molecular weight is 310 g/mol. The van der Waals surface area contributed by atoms with Gasteiger partial charge in [0.25, 0.3) is 5.91 Å². The molecule has 8 heteroatoms. The van der Waals surface area contributed by atoms with E-state index >= 15 is 0 Å². The lowest BCUT2D eigenvalue weighted by molar-refractivity contribution is -0.173. The van der Waals surface area contributed by atoms with Gasteiger partial charge in [-0.2, -0.15) is 18.3 Å². The lowest BCUT2D eigenvalue weighted by Gasteiger charge is -2.33. The number of hydrogen-bond acceptors (Lipinski definition) is 3. The lowest BCUT2D eigenvalue weighted by atomic mass is 9.96. The summed E-state index contributed by atoms with van der Waals surface area (Å²) in [4.78, 5) is 11.4. The molecule has 0 spiro atoms. The molecular weight excluding hydrogens is 297 g/mol. The monoisotopic (exact) mass is 310 g/mol. The summed E-state index contributed by atoms with van der Waals surface area (Å²) in [5.74, 6) is -0.807. The van der Waals surface area contributed by atoms with Crippen LogP contribution in [0.15, 0.2) is 36.5 Å². The molecule has 3 rings (SSSR count). The summed E-state index contributed by atoms with van der Waals surface area (Å²) < 4.78 is 40.7. The van der Waals surface area contributed by atoms with E-state index in [4.69, 9.17) is 5.73 Å². The third kappa shape index (κ3) is 2.40. The minimum absolute atomic E-state index is 0.00919. The minimum atomic E-state index is -4.47. The number of halogens is 3. The molecule has 5 nitrogen and oxygen atoms in total. The van der Waals surface area contributed by atoms with E-state index in [1.165, 1.54) is 0 Å². The van der Waals surface area contributed by atoms with Crippen LogP contribution in [0.3, 0.4) is 0 Å². The Hall–Kier alpha value is -2.51. The number of carbonyl (C=O) groups excluding carboxylic acids is 1. The van der Waals surface area contributed by atoms with E-state index < -0.39 is 24.2 Å². The van der Waals surface area contributed by atoms with E-state index in [9.17, 15) is 18.0 Å². The first-order chi connectivity index (χ1) is 10.4. The second kappa shape index (κ2) is 5.04. The van der Waals surface area contributed by atoms with Crippen LogP contribution in [0.1, 0.15) is 34.4 Å². The number of nitrogens with zero attached hydrogens (tertiary/aromatic N) is 2. The predicted octanol–water partition coefficient (Wildman–Crippen LogP) is 2.64.